The second kappa shape index (κ2) is 5.14. The number of carboxylic acid groups (broad SMARTS) is 1. The zero-order valence-electron chi connectivity index (χ0n) is 9.99. The molecule has 0 aliphatic rings. The quantitative estimate of drug-likeness (QED) is 0.902. The number of aromatic carboxylic acids is 1. The van der Waals surface area contributed by atoms with Crippen LogP contribution in [0, 0.1) is 18.3 Å². The van der Waals surface area contributed by atoms with Gasteiger partial charge in [0.15, 0.2) is 5.69 Å². The first-order chi connectivity index (χ1) is 9.10. The largest absolute Gasteiger partial charge is 0.476 e. The fourth-order valence-electron chi connectivity index (χ4n) is 1.38. The molecule has 0 spiro atoms. The van der Waals surface area contributed by atoms with E-state index in [1.165, 1.54) is 12.1 Å². The third-order valence-corrected chi connectivity index (χ3v) is 2.39. The molecule has 0 bridgehead atoms. The van der Waals surface area contributed by atoms with Gasteiger partial charge in [0.2, 0.25) is 5.88 Å². The molecule has 1 aromatic carbocycles. The standard InChI is InChI=1S/C13H9N3O3/c1-8-2-3-9(7-14)6-11(8)19-12-5-4-10(13(17)18)15-16-12/h2-6H,1H3,(H,17,18). The van der Waals surface area contributed by atoms with Crippen molar-refractivity contribution in [2.24, 2.45) is 0 Å². The highest BCUT2D eigenvalue weighted by Crippen LogP contribution is 2.24. The first kappa shape index (κ1) is 12.5. The molecule has 0 aliphatic carbocycles. The number of hydrogen-bond acceptors (Lipinski definition) is 5. The Labute approximate surface area is 108 Å². The van der Waals surface area contributed by atoms with Crippen molar-refractivity contribution >= 4 is 5.97 Å². The lowest BCUT2D eigenvalue weighted by molar-refractivity contribution is 0.0689. The fourth-order valence-corrected chi connectivity index (χ4v) is 1.38. The number of carboxylic acids is 1. The van der Waals surface area contributed by atoms with E-state index >= 15 is 0 Å². The number of benzene rings is 1. The van der Waals surface area contributed by atoms with Gasteiger partial charge in [-0.05, 0) is 30.7 Å². The van der Waals surface area contributed by atoms with E-state index in [1.807, 2.05) is 13.0 Å². The smallest absolute Gasteiger partial charge is 0.356 e. The van der Waals surface area contributed by atoms with Crippen LogP contribution in [0.15, 0.2) is 30.3 Å². The maximum Gasteiger partial charge on any atom is 0.356 e. The molecule has 6 heteroatoms. The molecular weight excluding hydrogens is 246 g/mol. The number of ether oxygens (including phenoxy) is 1. The summed E-state index contributed by atoms with van der Waals surface area (Å²) in [7, 11) is 0. The van der Waals surface area contributed by atoms with Crippen molar-refractivity contribution in [2.45, 2.75) is 6.92 Å². The summed E-state index contributed by atoms with van der Waals surface area (Å²) in [6.07, 6.45) is 0. The summed E-state index contributed by atoms with van der Waals surface area (Å²) in [5, 5.41) is 24.7. The van der Waals surface area contributed by atoms with Crippen molar-refractivity contribution in [2.75, 3.05) is 0 Å². The van der Waals surface area contributed by atoms with E-state index in [0.29, 0.717) is 11.3 Å². The monoisotopic (exact) mass is 255 g/mol. The molecule has 2 aromatic rings. The summed E-state index contributed by atoms with van der Waals surface area (Å²) in [6.45, 7) is 1.83. The van der Waals surface area contributed by atoms with Gasteiger partial charge in [-0.1, -0.05) is 6.07 Å². The van der Waals surface area contributed by atoms with Crippen molar-refractivity contribution in [3.8, 4) is 17.7 Å². The molecule has 0 saturated carbocycles. The molecule has 0 unspecified atom stereocenters. The molecule has 94 valence electrons. The van der Waals surface area contributed by atoms with Crippen LogP contribution in [-0.2, 0) is 0 Å². The number of hydrogen-bond donors (Lipinski definition) is 1. The van der Waals surface area contributed by atoms with E-state index in [0.717, 1.165) is 5.56 Å². The summed E-state index contributed by atoms with van der Waals surface area (Å²) in [4.78, 5) is 10.6. The average molecular weight is 255 g/mol. The van der Waals surface area contributed by atoms with E-state index in [2.05, 4.69) is 10.2 Å². The number of aromatic nitrogens is 2. The zero-order valence-corrected chi connectivity index (χ0v) is 9.99. The van der Waals surface area contributed by atoms with Crippen LogP contribution in [0.5, 0.6) is 11.6 Å². The van der Waals surface area contributed by atoms with Crippen LogP contribution >= 0.6 is 0 Å². The number of aryl methyl sites for hydroxylation is 1. The minimum absolute atomic E-state index is 0.158. The van der Waals surface area contributed by atoms with Gasteiger partial charge in [0.25, 0.3) is 0 Å². The maximum absolute atomic E-state index is 10.6. The Morgan fingerprint density at radius 2 is 2.11 bits per heavy atom. The number of nitrogens with zero attached hydrogens (tertiary/aromatic N) is 3. The third kappa shape index (κ3) is 2.84. The maximum atomic E-state index is 10.6. The van der Waals surface area contributed by atoms with Crippen LogP contribution in [-0.4, -0.2) is 21.3 Å². The molecular formula is C13H9N3O3. The molecule has 19 heavy (non-hydrogen) atoms. The number of rotatable bonds is 3. The molecule has 0 radical (unpaired) electrons. The number of nitriles is 1. The lowest BCUT2D eigenvalue weighted by Crippen LogP contribution is -2.02. The molecule has 0 amide bonds. The molecule has 1 heterocycles. The van der Waals surface area contributed by atoms with Gasteiger partial charge in [-0.25, -0.2) is 4.79 Å². The predicted molar refractivity (Wildman–Crippen MR) is 65.0 cm³/mol. The summed E-state index contributed by atoms with van der Waals surface area (Å²) < 4.78 is 5.47. The molecule has 0 atom stereocenters. The second-order valence-corrected chi connectivity index (χ2v) is 3.76. The van der Waals surface area contributed by atoms with Crippen LogP contribution in [0.4, 0.5) is 0 Å². The summed E-state index contributed by atoms with van der Waals surface area (Å²) in [5.41, 5.74) is 1.15. The van der Waals surface area contributed by atoms with Gasteiger partial charge >= 0.3 is 5.97 Å². The molecule has 0 fully saturated rings. The van der Waals surface area contributed by atoms with Crippen molar-refractivity contribution in [3.05, 3.63) is 47.2 Å². The first-order valence-electron chi connectivity index (χ1n) is 5.36. The van der Waals surface area contributed by atoms with Crippen molar-refractivity contribution in [1.82, 2.24) is 10.2 Å². The fraction of sp³-hybridized carbons (Fsp3) is 0.0769. The van der Waals surface area contributed by atoms with Crippen LogP contribution in [0.3, 0.4) is 0 Å². The summed E-state index contributed by atoms with van der Waals surface area (Å²) in [5.74, 6) is -0.499. The van der Waals surface area contributed by atoms with Crippen LogP contribution < -0.4 is 4.74 Å². The van der Waals surface area contributed by atoms with Gasteiger partial charge in [-0.3, -0.25) is 0 Å². The Kier molecular flexibility index (Phi) is 3.39. The van der Waals surface area contributed by atoms with Gasteiger partial charge in [-0.15, -0.1) is 10.2 Å². The minimum atomic E-state index is -1.15. The van der Waals surface area contributed by atoms with Gasteiger partial charge < -0.3 is 9.84 Å². The molecule has 1 aromatic heterocycles. The lowest BCUT2D eigenvalue weighted by atomic mass is 10.1. The molecule has 6 nitrogen and oxygen atoms in total. The SMILES string of the molecule is Cc1ccc(C#N)cc1Oc1ccc(C(=O)O)nn1. The van der Waals surface area contributed by atoms with E-state index in [-0.39, 0.29) is 11.6 Å². The van der Waals surface area contributed by atoms with Crippen molar-refractivity contribution < 1.29 is 14.6 Å². The van der Waals surface area contributed by atoms with Crippen LogP contribution in [0.2, 0.25) is 0 Å². The van der Waals surface area contributed by atoms with Crippen LogP contribution in [0.25, 0.3) is 0 Å². The van der Waals surface area contributed by atoms with Gasteiger partial charge in [-0.2, -0.15) is 5.26 Å². The minimum Gasteiger partial charge on any atom is -0.476 e. The van der Waals surface area contributed by atoms with E-state index in [9.17, 15) is 4.79 Å². The average Bonchev–Trinajstić information content (AvgIpc) is 2.42. The van der Waals surface area contributed by atoms with Gasteiger partial charge in [0.05, 0.1) is 11.6 Å². The highest BCUT2D eigenvalue weighted by atomic mass is 16.5. The first-order valence-corrected chi connectivity index (χ1v) is 5.36. The molecule has 0 saturated heterocycles. The lowest BCUT2D eigenvalue weighted by Gasteiger charge is -2.07. The second-order valence-electron chi connectivity index (χ2n) is 3.76. The van der Waals surface area contributed by atoms with Crippen molar-refractivity contribution in [3.63, 3.8) is 0 Å². The summed E-state index contributed by atoms with van der Waals surface area (Å²) >= 11 is 0. The van der Waals surface area contributed by atoms with E-state index in [4.69, 9.17) is 15.1 Å². The Bertz CT molecular complexity index is 660. The molecule has 2 rings (SSSR count). The van der Waals surface area contributed by atoms with Crippen LogP contribution in [0.1, 0.15) is 21.6 Å². The van der Waals surface area contributed by atoms with Crippen molar-refractivity contribution in [1.29, 1.82) is 5.26 Å². The third-order valence-electron chi connectivity index (χ3n) is 2.39. The van der Waals surface area contributed by atoms with E-state index < -0.39 is 5.97 Å². The Morgan fingerprint density at radius 3 is 2.68 bits per heavy atom. The molecule has 1 N–H and O–H groups in total. The highest BCUT2D eigenvalue weighted by molar-refractivity contribution is 5.84. The highest BCUT2D eigenvalue weighted by Gasteiger charge is 2.08. The normalized spacial score (nSPS) is 9.68. The predicted octanol–water partition coefficient (Wildman–Crippen LogP) is 2.15. The summed E-state index contributed by atoms with van der Waals surface area (Å²) in [6, 6.07) is 9.75. The van der Waals surface area contributed by atoms with Gasteiger partial charge in [0.1, 0.15) is 5.75 Å². The van der Waals surface area contributed by atoms with Gasteiger partial charge in [0, 0.05) is 6.07 Å². The molecule has 0 aliphatic heterocycles. The zero-order chi connectivity index (χ0) is 13.8. The Morgan fingerprint density at radius 1 is 1.32 bits per heavy atom. The number of carbonyl (C=O) groups is 1. The topological polar surface area (TPSA) is 96.1 Å². The Hall–Kier alpha value is -2.94. The Balaban J connectivity index is 2.26. The van der Waals surface area contributed by atoms with E-state index in [1.54, 1.807) is 18.2 Å².